The van der Waals surface area contributed by atoms with Gasteiger partial charge >= 0.3 is 0 Å². The molecule has 3 aliphatic heterocycles. The molecule has 4 heterocycles. The molecule has 8 rings (SSSR count). The Hall–Kier alpha value is -3.00. The van der Waals surface area contributed by atoms with E-state index < -0.39 is 0 Å². The summed E-state index contributed by atoms with van der Waals surface area (Å²) in [6.45, 7) is 17.7. The highest BCUT2D eigenvalue weighted by Crippen LogP contribution is 2.69. The number of piperazine rings is 1. The Morgan fingerprint density at radius 1 is 0.894 bits per heavy atom. The Bertz CT molecular complexity index is 1500. The third-order valence-electron chi connectivity index (χ3n) is 14.3. The number of hydrogen-bond acceptors (Lipinski definition) is 8. The summed E-state index contributed by atoms with van der Waals surface area (Å²) in [7, 11) is 0. The normalized spacial score (nSPS) is 37.1. The standard InChI is InChI=1S/C39H54N6O2/c1-27-23-32-30-10-9-28-24-29(46)11-13-37(28,2)31(30)12-14-38(32,3)39(27,4)33(47)26-42-19-21-44(22-20-42)35-25-34(43-15-5-6-16-43)40-36(41-35)45-17-7-8-18-45/h11-13,24-25,27,30,32H,5-10,14-23,26H2,1-4H3/t27?,30-,32+,37+,38+,39-/m1/s1. The first-order valence-electron chi connectivity index (χ1n) is 18.6. The van der Waals surface area contributed by atoms with Crippen molar-refractivity contribution in [1.82, 2.24) is 14.9 Å². The Morgan fingerprint density at radius 2 is 1.53 bits per heavy atom. The second-order valence-electron chi connectivity index (χ2n) is 16.4. The number of nitrogens with zero attached hydrogens (tertiary/aromatic N) is 6. The van der Waals surface area contributed by atoms with Gasteiger partial charge in [-0.2, -0.15) is 9.97 Å². The molecule has 2 saturated carbocycles. The van der Waals surface area contributed by atoms with E-state index in [1.54, 1.807) is 6.08 Å². The number of fused-ring (bicyclic) bond motifs is 5. The molecule has 47 heavy (non-hydrogen) atoms. The van der Waals surface area contributed by atoms with Crippen molar-refractivity contribution in [2.45, 2.75) is 79.1 Å². The topological polar surface area (TPSA) is 72.9 Å². The first-order chi connectivity index (χ1) is 22.6. The van der Waals surface area contributed by atoms with Gasteiger partial charge in [-0.25, -0.2) is 0 Å². The summed E-state index contributed by atoms with van der Waals surface area (Å²) in [6, 6.07) is 2.21. The van der Waals surface area contributed by atoms with Crippen LogP contribution in [0.2, 0.25) is 0 Å². The Balaban J connectivity index is 0.969. The molecule has 1 unspecified atom stereocenters. The molecule has 0 amide bonds. The van der Waals surface area contributed by atoms with Crippen molar-refractivity contribution in [3.05, 3.63) is 41.5 Å². The van der Waals surface area contributed by atoms with Crippen LogP contribution in [-0.2, 0) is 9.59 Å². The number of Topliss-reactive ketones (excluding diaryl/α,β-unsaturated/α-hetero) is 1. The molecular formula is C39H54N6O2. The van der Waals surface area contributed by atoms with Gasteiger partial charge in [0.2, 0.25) is 5.95 Å². The third kappa shape index (κ3) is 4.94. The summed E-state index contributed by atoms with van der Waals surface area (Å²) in [5, 5.41) is 0. The van der Waals surface area contributed by atoms with Crippen molar-refractivity contribution in [2.75, 3.05) is 73.6 Å². The minimum atomic E-state index is -0.353. The maximum Gasteiger partial charge on any atom is 0.229 e. The van der Waals surface area contributed by atoms with E-state index in [2.05, 4.69) is 65.5 Å². The fourth-order valence-corrected chi connectivity index (χ4v) is 10.9. The molecule has 1 aromatic rings. The van der Waals surface area contributed by atoms with Crippen molar-refractivity contribution in [2.24, 2.45) is 34.0 Å². The predicted octanol–water partition coefficient (Wildman–Crippen LogP) is 5.85. The number of rotatable bonds is 6. The van der Waals surface area contributed by atoms with Gasteiger partial charge in [-0.05, 0) is 93.6 Å². The fourth-order valence-electron chi connectivity index (χ4n) is 10.9. The van der Waals surface area contributed by atoms with Crippen LogP contribution in [0.15, 0.2) is 41.5 Å². The predicted molar refractivity (Wildman–Crippen MR) is 188 cm³/mol. The molecular weight excluding hydrogens is 584 g/mol. The average Bonchev–Trinajstić information content (AvgIpc) is 3.85. The van der Waals surface area contributed by atoms with Crippen molar-refractivity contribution in [3.8, 4) is 0 Å². The van der Waals surface area contributed by atoms with Gasteiger partial charge in [-0.1, -0.05) is 44.1 Å². The van der Waals surface area contributed by atoms with Gasteiger partial charge in [-0.3, -0.25) is 14.5 Å². The number of carbonyl (C=O) groups excluding carboxylic acids is 2. The van der Waals surface area contributed by atoms with E-state index in [1.807, 2.05) is 6.08 Å². The van der Waals surface area contributed by atoms with E-state index in [-0.39, 0.29) is 22.0 Å². The quantitative estimate of drug-likeness (QED) is 0.360. The van der Waals surface area contributed by atoms with Crippen LogP contribution in [0.1, 0.15) is 79.1 Å². The molecule has 252 valence electrons. The van der Waals surface area contributed by atoms with Crippen LogP contribution in [0.4, 0.5) is 17.6 Å². The zero-order valence-electron chi connectivity index (χ0n) is 29.1. The van der Waals surface area contributed by atoms with E-state index in [0.717, 1.165) is 95.6 Å². The van der Waals surface area contributed by atoms with Gasteiger partial charge < -0.3 is 14.7 Å². The number of ketones is 2. The SMILES string of the molecule is CC1C[C@H]2[C@@H]3CCC4=CC(=O)C=C[C@]4(C)C3=CC[C@]2(C)[C@@]1(C)C(=O)CN1CCN(c2cc(N3CCCC3)nc(N3CCCC3)n2)CC1. The molecule has 5 fully saturated rings. The summed E-state index contributed by atoms with van der Waals surface area (Å²) >= 11 is 0. The lowest BCUT2D eigenvalue weighted by molar-refractivity contribution is -0.139. The summed E-state index contributed by atoms with van der Waals surface area (Å²) in [5.41, 5.74) is 2.24. The van der Waals surface area contributed by atoms with Crippen LogP contribution in [-0.4, -0.2) is 85.3 Å². The van der Waals surface area contributed by atoms with Gasteiger partial charge in [0, 0.05) is 69.3 Å². The molecule has 0 spiro atoms. The molecule has 3 saturated heterocycles. The lowest BCUT2D eigenvalue weighted by Crippen LogP contribution is -2.54. The monoisotopic (exact) mass is 638 g/mol. The Kier molecular flexibility index (Phi) is 7.69. The highest BCUT2D eigenvalue weighted by atomic mass is 16.1. The second-order valence-corrected chi connectivity index (χ2v) is 16.4. The Morgan fingerprint density at radius 3 is 2.21 bits per heavy atom. The molecule has 4 aliphatic carbocycles. The number of anilines is 3. The van der Waals surface area contributed by atoms with Gasteiger partial charge in [0.05, 0.1) is 6.54 Å². The summed E-state index contributed by atoms with van der Waals surface area (Å²) in [5.74, 6) is 4.90. The summed E-state index contributed by atoms with van der Waals surface area (Å²) in [6.07, 6.45) is 17.3. The van der Waals surface area contributed by atoms with Crippen LogP contribution < -0.4 is 14.7 Å². The largest absolute Gasteiger partial charge is 0.356 e. The molecule has 8 heteroatoms. The molecule has 0 aromatic carbocycles. The van der Waals surface area contributed by atoms with Gasteiger partial charge in [0.15, 0.2) is 11.6 Å². The van der Waals surface area contributed by atoms with E-state index >= 15 is 0 Å². The molecule has 7 aliphatic rings. The number of hydrogen-bond donors (Lipinski definition) is 0. The Labute approximate surface area is 281 Å². The van der Waals surface area contributed by atoms with Gasteiger partial charge in [-0.15, -0.1) is 0 Å². The number of allylic oxidation sites excluding steroid dienone is 6. The smallest absolute Gasteiger partial charge is 0.229 e. The number of aromatic nitrogens is 2. The van der Waals surface area contributed by atoms with Gasteiger partial charge in [0.25, 0.3) is 0 Å². The van der Waals surface area contributed by atoms with Crippen molar-refractivity contribution < 1.29 is 9.59 Å². The minimum absolute atomic E-state index is 0.0514. The van der Waals surface area contributed by atoms with Crippen molar-refractivity contribution >= 4 is 29.2 Å². The van der Waals surface area contributed by atoms with Crippen molar-refractivity contribution in [1.29, 1.82) is 0 Å². The molecule has 0 N–H and O–H groups in total. The van der Waals surface area contributed by atoms with E-state index in [4.69, 9.17) is 9.97 Å². The van der Waals surface area contributed by atoms with E-state index in [1.165, 1.54) is 36.8 Å². The first kappa shape index (κ1) is 31.3. The van der Waals surface area contributed by atoms with Crippen LogP contribution in [0.5, 0.6) is 0 Å². The van der Waals surface area contributed by atoms with Crippen molar-refractivity contribution in [3.63, 3.8) is 0 Å². The van der Waals surface area contributed by atoms with Crippen LogP contribution in [0.3, 0.4) is 0 Å². The molecule has 8 nitrogen and oxygen atoms in total. The second kappa shape index (κ2) is 11.6. The minimum Gasteiger partial charge on any atom is -0.356 e. The lowest BCUT2D eigenvalue weighted by Gasteiger charge is -2.54. The highest BCUT2D eigenvalue weighted by Gasteiger charge is 2.65. The molecule has 0 radical (unpaired) electrons. The molecule has 6 atom stereocenters. The number of carbonyl (C=O) groups is 2. The van der Waals surface area contributed by atoms with E-state index in [9.17, 15) is 9.59 Å². The average molecular weight is 639 g/mol. The molecule has 1 aromatic heterocycles. The first-order valence-corrected chi connectivity index (χ1v) is 18.6. The zero-order chi connectivity index (χ0) is 32.6. The van der Waals surface area contributed by atoms with Crippen LogP contribution >= 0.6 is 0 Å². The fraction of sp³-hybridized carbons (Fsp3) is 0.692. The highest BCUT2D eigenvalue weighted by molar-refractivity contribution is 6.01. The summed E-state index contributed by atoms with van der Waals surface area (Å²) < 4.78 is 0. The zero-order valence-corrected chi connectivity index (χ0v) is 29.1. The van der Waals surface area contributed by atoms with Gasteiger partial charge in [0.1, 0.15) is 11.6 Å². The van der Waals surface area contributed by atoms with E-state index in [0.29, 0.717) is 30.1 Å². The maximum absolute atomic E-state index is 14.6. The maximum atomic E-state index is 14.6. The molecule has 0 bridgehead atoms. The van der Waals surface area contributed by atoms with Crippen LogP contribution in [0, 0.1) is 34.0 Å². The summed E-state index contributed by atoms with van der Waals surface area (Å²) in [4.78, 5) is 46.5. The van der Waals surface area contributed by atoms with Crippen LogP contribution in [0.25, 0.3) is 0 Å². The third-order valence-corrected chi connectivity index (χ3v) is 14.3. The lowest BCUT2D eigenvalue weighted by atomic mass is 9.49.